The summed E-state index contributed by atoms with van der Waals surface area (Å²) in [6.45, 7) is 1.45. The Morgan fingerprint density at radius 3 is 2.35 bits per heavy atom. The molecule has 0 radical (unpaired) electrons. The Kier molecular flexibility index (Phi) is 3.62. The molecule has 1 aromatic rings. The van der Waals surface area contributed by atoms with Gasteiger partial charge in [-0.2, -0.15) is 0 Å². The number of nitrogens with zero attached hydrogens (tertiary/aromatic N) is 5. The second-order valence-corrected chi connectivity index (χ2v) is 7.79. The van der Waals surface area contributed by atoms with Crippen LogP contribution in [0.25, 0.3) is 0 Å². The normalized spacial score (nSPS) is 24.7. The van der Waals surface area contributed by atoms with E-state index in [0.717, 1.165) is 38.5 Å². The molecule has 2 saturated heterocycles. The Morgan fingerprint density at radius 2 is 1.69 bits per heavy atom. The van der Waals surface area contributed by atoms with E-state index in [1.807, 2.05) is 4.90 Å². The van der Waals surface area contributed by atoms with E-state index in [1.54, 1.807) is 4.90 Å². The number of imide groups is 1. The van der Waals surface area contributed by atoms with Crippen LogP contribution in [-0.2, 0) is 4.79 Å². The van der Waals surface area contributed by atoms with E-state index in [2.05, 4.69) is 9.97 Å². The number of halogens is 1. The van der Waals surface area contributed by atoms with Crippen molar-refractivity contribution in [2.75, 3.05) is 24.5 Å². The maximum Gasteiger partial charge on any atom is 0.327 e. The summed E-state index contributed by atoms with van der Waals surface area (Å²) in [7, 11) is 0. The number of aromatic nitrogens is 2. The zero-order valence-electron chi connectivity index (χ0n) is 14.6. The maximum atomic E-state index is 14.7. The zero-order chi connectivity index (χ0) is 17.8. The molecule has 2 aliphatic heterocycles. The van der Waals surface area contributed by atoms with Crippen molar-refractivity contribution < 1.29 is 14.0 Å². The zero-order valence-corrected chi connectivity index (χ0v) is 14.6. The first-order chi connectivity index (χ1) is 12.6. The number of amides is 3. The third-order valence-corrected chi connectivity index (χ3v) is 5.90. The van der Waals surface area contributed by atoms with Gasteiger partial charge in [-0.1, -0.05) is 0 Å². The summed E-state index contributed by atoms with van der Waals surface area (Å²) >= 11 is 0. The summed E-state index contributed by atoms with van der Waals surface area (Å²) in [5.41, 5.74) is 0.539. The molecule has 0 unspecified atom stereocenters. The van der Waals surface area contributed by atoms with Gasteiger partial charge in [-0.3, -0.25) is 9.69 Å². The van der Waals surface area contributed by atoms with E-state index in [4.69, 9.17) is 0 Å². The molecule has 0 N–H and O–H groups in total. The molecule has 26 heavy (non-hydrogen) atoms. The highest BCUT2D eigenvalue weighted by molar-refractivity contribution is 6.02. The lowest BCUT2D eigenvalue weighted by Gasteiger charge is -2.36. The highest BCUT2D eigenvalue weighted by Crippen LogP contribution is 2.41. The van der Waals surface area contributed by atoms with Crippen LogP contribution < -0.4 is 4.90 Å². The number of carbonyl (C=O) groups is 2. The number of hydrogen-bond donors (Lipinski definition) is 0. The lowest BCUT2D eigenvalue weighted by atomic mass is 10.0. The van der Waals surface area contributed by atoms with Crippen LogP contribution in [0.3, 0.4) is 0 Å². The van der Waals surface area contributed by atoms with E-state index >= 15 is 0 Å². The fraction of sp³-hybridized carbons (Fsp3) is 0.667. The molecule has 1 aromatic heterocycles. The minimum absolute atomic E-state index is 0.0410. The number of carbonyl (C=O) groups excluding carboxylic acids is 2. The predicted octanol–water partition coefficient (Wildman–Crippen LogP) is 1.89. The summed E-state index contributed by atoms with van der Waals surface area (Å²) in [6, 6.07) is 0.0236. The van der Waals surface area contributed by atoms with Crippen LogP contribution in [0.4, 0.5) is 15.0 Å². The molecule has 0 aromatic carbocycles. The number of rotatable bonds is 4. The van der Waals surface area contributed by atoms with Crippen LogP contribution in [0.1, 0.15) is 50.1 Å². The van der Waals surface area contributed by atoms with Gasteiger partial charge >= 0.3 is 6.03 Å². The van der Waals surface area contributed by atoms with Gasteiger partial charge < -0.3 is 9.80 Å². The molecule has 3 amide bonds. The molecule has 8 heteroatoms. The predicted molar refractivity (Wildman–Crippen MR) is 91.2 cm³/mol. The van der Waals surface area contributed by atoms with Crippen molar-refractivity contribution in [1.29, 1.82) is 0 Å². The first kappa shape index (κ1) is 16.0. The van der Waals surface area contributed by atoms with Crippen LogP contribution >= 0.6 is 0 Å². The Labute approximate surface area is 151 Å². The Hall–Kier alpha value is -2.25. The van der Waals surface area contributed by atoms with Gasteiger partial charge in [0.2, 0.25) is 0 Å². The SMILES string of the molecule is O=C1CN(C2CCN(c3ncnc(C4CC4)c3F)CC2)C(=O)N1C1CC1. The highest BCUT2D eigenvalue weighted by Gasteiger charge is 2.47. The van der Waals surface area contributed by atoms with E-state index in [9.17, 15) is 14.0 Å². The van der Waals surface area contributed by atoms with Crippen LogP contribution in [0, 0.1) is 5.82 Å². The molecular formula is C18H22FN5O2. The van der Waals surface area contributed by atoms with Gasteiger partial charge in [-0.05, 0) is 38.5 Å². The average molecular weight is 359 g/mol. The Balaban J connectivity index is 1.26. The van der Waals surface area contributed by atoms with E-state index in [1.165, 1.54) is 11.2 Å². The van der Waals surface area contributed by atoms with E-state index < -0.39 is 0 Å². The van der Waals surface area contributed by atoms with Gasteiger partial charge in [0.15, 0.2) is 11.6 Å². The second kappa shape index (κ2) is 5.89. The summed E-state index contributed by atoms with van der Waals surface area (Å²) in [4.78, 5) is 38.1. The number of piperidine rings is 1. The molecule has 2 aliphatic carbocycles. The van der Waals surface area contributed by atoms with Crippen LogP contribution in [0.5, 0.6) is 0 Å². The van der Waals surface area contributed by atoms with Crippen molar-refractivity contribution in [3.05, 3.63) is 17.8 Å². The maximum absolute atomic E-state index is 14.7. The molecule has 138 valence electrons. The quantitative estimate of drug-likeness (QED) is 0.768. The van der Waals surface area contributed by atoms with Gasteiger partial charge in [0, 0.05) is 31.1 Å². The van der Waals surface area contributed by atoms with E-state index in [-0.39, 0.29) is 42.3 Å². The molecule has 0 bridgehead atoms. The fourth-order valence-electron chi connectivity index (χ4n) is 4.14. The van der Waals surface area contributed by atoms with Gasteiger partial charge in [-0.15, -0.1) is 0 Å². The summed E-state index contributed by atoms with van der Waals surface area (Å²) in [5, 5.41) is 0. The van der Waals surface area contributed by atoms with Gasteiger partial charge in [0.1, 0.15) is 12.9 Å². The monoisotopic (exact) mass is 359 g/mol. The van der Waals surface area contributed by atoms with Gasteiger partial charge in [-0.25, -0.2) is 19.2 Å². The molecule has 4 fully saturated rings. The van der Waals surface area contributed by atoms with Crippen molar-refractivity contribution in [2.24, 2.45) is 0 Å². The standard InChI is InChI=1S/C18H22FN5O2/c19-15-16(11-1-2-11)20-10-21-17(15)22-7-5-12(6-8-22)23-9-14(25)24(18(23)26)13-3-4-13/h10-13H,1-9H2. The van der Waals surface area contributed by atoms with Crippen molar-refractivity contribution in [3.8, 4) is 0 Å². The number of hydrogen-bond acceptors (Lipinski definition) is 5. The molecule has 7 nitrogen and oxygen atoms in total. The molecule has 5 rings (SSSR count). The lowest BCUT2D eigenvalue weighted by Crippen LogP contribution is -2.47. The van der Waals surface area contributed by atoms with E-state index in [0.29, 0.717) is 24.6 Å². The third-order valence-electron chi connectivity index (χ3n) is 5.90. The van der Waals surface area contributed by atoms with Crippen LogP contribution in [0.15, 0.2) is 6.33 Å². The summed E-state index contributed by atoms with van der Waals surface area (Å²) < 4.78 is 14.7. The number of urea groups is 1. The molecule has 0 atom stereocenters. The Morgan fingerprint density at radius 1 is 0.962 bits per heavy atom. The first-order valence-electron chi connectivity index (χ1n) is 9.51. The summed E-state index contributed by atoms with van der Waals surface area (Å²) in [5.74, 6) is 0.261. The summed E-state index contributed by atoms with van der Waals surface area (Å²) in [6.07, 6.45) is 6.75. The van der Waals surface area contributed by atoms with Crippen molar-refractivity contribution in [3.63, 3.8) is 0 Å². The van der Waals surface area contributed by atoms with Crippen LogP contribution in [-0.4, -0.2) is 63.4 Å². The lowest BCUT2D eigenvalue weighted by molar-refractivity contribution is -0.125. The molecule has 2 saturated carbocycles. The molecule has 3 heterocycles. The third kappa shape index (κ3) is 2.62. The topological polar surface area (TPSA) is 69.6 Å². The molecular weight excluding hydrogens is 337 g/mol. The minimum Gasteiger partial charge on any atom is -0.354 e. The molecule has 4 aliphatic rings. The second-order valence-electron chi connectivity index (χ2n) is 7.79. The minimum atomic E-state index is -0.291. The smallest absolute Gasteiger partial charge is 0.327 e. The van der Waals surface area contributed by atoms with Crippen molar-refractivity contribution >= 4 is 17.8 Å². The number of anilines is 1. The highest BCUT2D eigenvalue weighted by atomic mass is 19.1. The molecule has 0 spiro atoms. The largest absolute Gasteiger partial charge is 0.354 e. The van der Waals surface area contributed by atoms with Crippen molar-refractivity contribution in [2.45, 2.75) is 56.5 Å². The van der Waals surface area contributed by atoms with Gasteiger partial charge in [0.05, 0.1) is 5.69 Å². The van der Waals surface area contributed by atoms with Crippen LogP contribution in [0.2, 0.25) is 0 Å². The van der Waals surface area contributed by atoms with Gasteiger partial charge in [0.25, 0.3) is 5.91 Å². The first-order valence-corrected chi connectivity index (χ1v) is 9.51. The average Bonchev–Trinajstić information content (AvgIpc) is 3.55. The van der Waals surface area contributed by atoms with Crippen molar-refractivity contribution in [1.82, 2.24) is 19.8 Å². The fourth-order valence-corrected chi connectivity index (χ4v) is 4.14. The Bertz CT molecular complexity index is 756.